The van der Waals surface area contributed by atoms with Gasteiger partial charge in [-0.15, -0.1) is 0 Å². The van der Waals surface area contributed by atoms with Crippen molar-refractivity contribution in [3.05, 3.63) is 29.6 Å². The number of unbranched alkanes of at least 4 members (excludes halogenated alkanes) is 2. The van der Waals surface area contributed by atoms with Crippen LogP contribution in [0.1, 0.15) is 43.0 Å². The third-order valence-corrected chi connectivity index (χ3v) is 2.80. The summed E-state index contributed by atoms with van der Waals surface area (Å²) in [5, 5.41) is 0. The number of benzene rings is 1. The van der Waals surface area contributed by atoms with E-state index in [1.807, 2.05) is 0 Å². The summed E-state index contributed by atoms with van der Waals surface area (Å²) in [7, 11) is 0. The van der Waals surface area contributed by atoms with Crippen molar-refractivity contribution in [2.24, 2.45) is 0 Å². The highest BCUT2D eigenvalue weighted by Gasteiger charge is 2.12. The number of carbonyl (C=O) groups excluding carboxylic acids is 2. The number of carbonyl (C=O) groups is 2. The zero-order valence-electron chi connectivity index (χ0n) is 12.1. The molecule has 116 valence electrons. The lowest BCUT2D eigenvalue weighted by Crippen LogP contribution is -2.10. The van der Waals surface area contributed by atoms with Gasteiger partial charge in [-0.25, -0.2) is 9.18 Å². The molecule has 0 bridgehead atoms. The van der Waals surface area contributed by atoms with Gasteiger partial charge >= 0.3 is 11.9 Å². The highest BCUT2D eigenvalue weighted by atomic mass is 19.1. The molecule has 0 saturated carbocycles. The molecule has 0 aromatic heterocycles. The minimum atomic E-state index is -0.641. The van der Waals surface area contributed by atoms with Crippen LogP contribution >= 0.6 is 0 Å². The third-order valence-electron chi connectivity index (χ3n) is 2.80. The average Bonchev–Trinajstić information content (AvgIpc) is 2.45. The van der Waals surface area contributed by atoms with Crippen LogP contribution in [0.4, 0.5) is 10.1 Å². The van der Waals surface area contributed by atoms with Crippen molar-refractivity contribution < 1.29 is 23.5 Å². The fourth-order valence-corrected chi connectivity index (χ4v) is 1.73. The predicted molar refractivity (Wildman–Crippen MR) is 76.2 cm³/mol. The van der Waals surface area contributed by atoms with Gasteiger partial charge in [0.2, 0.25) is 0 Å². The van der Waals surface area contributed by atoms with Crippen LogP contribution < -0.4 is 5.73 Å². The number of esters is 2. The summed E-state index contributed by atoms with van der Waals surface area (Å²) < 4.78 is 22.8. The number of nitrogen functional groups attached to an aromatic ring is 1. The van der Waals surface area contributed by atoms with Crippen LogP contribution in [0.3, 0.4) is 0 Å². The van der Waals surface area contributed by atoms with E-state index in [-0.39, 0.29) is 23.8 Å². The molecule has 0 atom stereocenters. The second kappa shape index (κ2) is 8.94. The number of rotatable bonds is 8. The fourth-order valence-electron chi connectivity index (χ4n) is 1.73. The lowest BCUT2D eigenvalue weighted by atomic mass is 10.2. The first-order chi connectivity index (χ1) is 10.0. The van der Waals surface area contributed by atoms with Crippen molar-refractivity contribution >= 4 is 17.6 Å². The van der Waals surface area contributed by atoms with Crippen molar-refractivity contribution in [1.29, 1.82) is 0 Å². The van der Waals surface area contributed by atoms with E-state index >= 15 is 0 Å². The smallest absolute Gasteiger partial charge is 0.340 e. The first-order valence-electron chi connectivity index (χ1n) is 6.92. The number of halogens is 1. The lowest BCUT2D eigenvalue weighted by Gasteiger charge is -2.07. The van der Waals surface area contributed by atoms with Crippen molar-refractivity contribution in [2.75, 3.05) is 18.9 Å². The molecule has 1 rings (SSSR count). The normalized spacial score (nSPS) is 10.2. The molecule has 2 N–H and O–H groups in total. The van der Waals surface area contributed by atoms with Crippen molar-refractivity contribution in [3.63, 3.8) is 0 Å². The monoisotopic (exact) mass is 297 g/mol. The molecule has 1 aromatic carbocycles. The first kappa shape index (κ1) is 16.9. The van der Waals surface area contributed by atoms with E-state index in [2.05, 4.69) is 0 Å². The molecule has 1 aromatic rings. The second-order valence-electron chi connectivity index (χ2n) is 4.48. The Balaban J connectivity index is 2.22. The van der Waals surface area contributed by atoms with E-state index in [1.165, 1.54) is 12.1 Å². The second-order valence-corrected chi connectivity index (χ2v) is 4.48. The standard InChI is InChI=1S/C15H20FNO4/c1-2-20-14(18)6-4-3-5-9-21-15(19)12-10-11(16)7-8-13(12)17/h7-8,10H,2-6,9,17H2,1H3. The van der Waals surface area contributed by atoms with Crippen LogP contribution in [0, 0.1) is 5.82 Å². The molecule has 21 heavy (non-hydrogen) atoms. The van der Waals surface area contributed by atoms with Gasteiger partial charge in [-0.05, 0) is 44.4 Å². The molecule has 5 nitrogen and oxygen atoms in total. The number of anilines is 1. The maximum Gasteiger partial charge on any atom is 0.340 e. The van der Waals surface area contributed by atoms with Gasteiger partial charge in [0.25, 0.3) is 0 Å². The maximum atomic E-state index is 13.0. The van der Waals surface area contributed by atoms with E-state index in [4.69, 9.17) is 15.2 Å². The fraction of sp³-hybridized carbons (Fsp3) is 0.467. The molecule has 0 heterocycles. The molecule has 0 amide bonds. The number of ether oxygens (including phenoxy) is 2. The Morgan fingerprint density at radius 2 is 1.95 bits per heavy atom. The Bertz CT molecular complexity index is 491. The van der Waals surface area contributed by atoms with Gasteiger partial charge in [-0.3, -0.25) is 4.79 Å². The molecule has 0 aliphatic rings. The minimum absolute atomic E-state index is 0.0292. The Morgan fingerprint density at radius 3 is 2.67 bits per heavy atom. The van der Waals surface area contributed by atoms with E-state index in [1.54, 1.807) is 6.92 Å². The van der Waals surface area contributed by atoms with Crippen molar-refractivity contribution in [1.82, 2.24) is 0 Å². The molecular weight excluding hydrogens is 277 g/mol. The molecule has 0 spiro atoms. The van der Waals surface area contributed by atoms with Gasteiger partial charge in [0.1, 0.15) is 5.82 Å². The Hall–Kier alpha value is -2.11. The summed E-state index contributed by atoms with van der Waals surface area (Å²) >= 11 is 0. The largest absolute Gasteiger partial charge is 0.466 e. The summed E-state index contributed by atoms with van der Waals surface area (Å²) in [6.45, 7) is 2.35. The molecule has 0 unspecified atom stereocenters. The van der Waals surface area contributed by atoms with Crippen LogP contribution in [0.15, 0.2) is 18.2 Å². The summed E-state index contributed by atoms with van der Waals surface area (Å²) in [6, 6.07) is 3.56. The Labute approximate surface area is 123 Å². The molecular formula is C15H20FNO4. The van der Waals surface area contributed by atoms with E-state index in [9.17, 15) is 14.0 Å². The number of hydrogen-bond donors (Lipinski definition) is 1. The Morgan fingerprint density at radius 1 is 1.19 bits per heavy atom. The van der Waals surface area contributed by atoms with Gasteiger partial charge in [-0.2, -0.15) is 0 Å². The van der Waals surface area contributed by atoms with Crippen LogP contribution in [0.25, 0.3) is 0 Å². The Kier molecular flexibility index (Phi) is 7.21. The van der Waals surface area contributed by atoms with E-state index in [0.29, 0.717) is 25.9 Å². The average molecular weight is 297 g/mol. The summed E-state index contributed by atoms with van der Waals surface area (Å²) in [6.07, 6.45) is 2.40. The minimum Gasteiger partial charge on any atom is -0.466 e. The van der Waals surface area contributed by atoms with E-state index in [0.717, 1.165) is 12.5 Å². The maximum absolute atomic E-state index is 13.0. The lowest BCUT2D eigenvalue weighted by molar-refractivity contribution is -0.143. The van der Waals surface area contributed by atoms with Gasteiger partial charge in [0.05, 0.1) is 18.8 Å². The van der Waals surface area contributed by atoms with Crippen molar-refractivity contribution in [3.8, 4) is 0 Å². The van der Waals surface area contributed by atoms with Crippen molar-refractivity contribution in [2.45, 2.75) is 32.6 Å². The van der Waals surface area contributed by atoms with Gasteiger partial charge in [0.15, 0.2) is 0 Å². The summed E-state index contributed by atoms with van der Waals surface area (Å²) in [4.78, 5) is 22.8. The zero-order valence-corrected chi connectivity index (χ0v) is 12.1. The molecule has 0 saturated heterocycles. The van der Waals surface area contributed by atoms with Crippen LogP contribution in [0.2, 0.25) is 0 Å². The van der Waals surface area contributed by atoms with Gasteiger partial charge in [-0.1, -0.05) is 0 Å². The first-order valence-corrected chi connectivity index (χ1v) is 6.92. The number of hydrogen-bond acceptors (Lipinski definition) is 5. The van der Waals surface area contributed by atoms with Crippen LogP contribution in [-0.4, -0.2) is 25.2 Å². The molecule has 0 aliphatic heterocycles. The SMILES string of the molecule is CCOC(=O)CCCCCOC(=O)c1cc(F)ccc1N. The summed E-state index contributed by atoms with van der Waals surface area (Å²) in [5.74, 6) is -1.40. The molecule has 6 heteroatoms. The zero-order chi connectivity index (χ0) is 15.7. The summed E-state index contributed by atoms with van der Waals surface area (Å²) in [5.41, 5.74) is 5.80. The van der Waals surface area contributed by atoms with Gasteiger partial charge in [0, 0.05) is 12.1 Å². The number of nitrogens with two attached hydrogens (primary N) is 1. The highest BCUT2D eigenvalue weighted by Crippen LogP contribution is 2.14. The topological polar surface area (TPSA) is 78.6 Å². The quantitative estimate of drug-likeness (QED) is 0.453. The molecule has 0 fully saturated rings. The van der Waals surface area contributed by atoms with Gasteiger partial charge < -0.3 is 15.2 Å². The van der Waals surface area contributed by atoms with Crippen LogP contribution in [0.5, 0.6) is 0 Å². The highest BCUT2D eigenvalue weighted by molar-refractivity contribution is 5.95. The third kappa shape index (κ3) is 6.25. The van der Waals surface area contributed by atoms with Crippen LogP contribution in [-0.2, 0) is 14.3 Å². The van der Waals surface area contributed by atoms with E-state index < -0.39 is 11.8 Å². The molecule has 0 aliphatic carbocycles. The predicted octanol–water partition coefficient (Wildman–Crippen LogP) is 2.69. The molecule has 0 radical (unpaired) electrons.